The number of unbranched alkanes of at least 4 members (excludes halogenated alkanes) is 2. The number of allylic oxidation sites excluding steroid dienone is 1. The summed E-state index contributed by atoms with van der Waals surface area (Å²) in [5.41, 5.74) is 0. The van der Waals surface area contributed by atoms with Gasteiger partial charge in [-0.3, -0.25) is 0 Å². The third kappa shape index (κ3) is 6.59. The quantitative estimate of drug-likeness (QED) is 0.348. The summed E-state index contributed by atoms with van der Waals surface area (Å²) in [6, 6.07) is 2.02. The number of ether oxygens (including phenoxy) is 1. The van der Waals surface area contributed by atoms with Gasteiger partial charge in [0, 0.05) is 12.5 Å². The molecule has 0 amide bonds. The first kappa shape index (κ1) is 9.70. The Morgan fingerprint density at radius 2 is 2.45 bits per heavy atom. The van der Waals surface area contributed by atoms with Gasteiger partial charge in [-0.05, 0) is 12.8 Å². The van der Waals surface area contributed by atoms with E-state index in [1.807, 2.05) is 6.07 Å². The van der Waals surface area contributed by atoms with Crippen molar-refractivity contribution in [3.63, 3.8) is 0 Å². The summed E-state index contributed by atoms with van der Waals surface area (Å²) < 4.78 is 4.37. The normalized spacial score (nSPS) is 9.45. The molecule has 0 aromatic heterocycles. The van der Waals surface area contributed by atoms with Crippen LogP contribution in [0.2, 0.25) is 0 Å². The fraction of sp³-hybridized carbons (Fsp3) is 0.500. The van der Waals surface area contributed by atoms with E-state index in [4.69, 9.17) is 5.26 Å². The summed E-state index contributed by atoms with van der Waals surface area (Å²) in [6.45, 7) is 0. The van der Waals surface area contributed by atoms with Crippen LogP contribution in [0.25, 0.3) is 0 Å². The number of hydrogen-bond donors (Lipinski definition) is 0. The molecule has 0 unspecified atom stereocenters. The lowest BCUT2D eigenvalue weighted by molar-refractivity contribution is -0.134. The lowest BCUT2D eigenvalue weighted by atomic mass is 10.2. The molecule has 0 bridgehead atoms. The van der Waals surface area contributed by atoms with Crippen LogP contribution in [0.3, 0.4) is 0 Å². The second-order valence-electron chi connectivity index (χ2n) is 1.98. The Labute approximate surface area is 66.3 Å². The van der Waals surface area contributed by atoms with E-state index in [9.17, 15) is 4.79 Å². The van der Waals surface area contributed by atoms with Crippen LogP contribution in [0.15, 0.2) is 12.2 Å². The van der Waals surface area contributed by atoms with Gasteiger partial charge in [0.1, 0.15) is 0 Å². The van der Waals surface area contributed by atoms with Crippen LogP contribution in [-0.2, 0) is 9.53 Å². The van der Waals surface area contributed by atoms with Gasteiger partial charge in [-0.1, -0.05) is 6.08 Å². The summed E-state index contributed by atoms with van der Waals surface area (Å²) in [5, 5.41) is 8.16. The van der Waals surface area contributed by atoms with Crippen molar-refractivity contribution in [3.05, 3.63) is 12.2 Å². The van der Waals surface area contributed by atoms with Crippen LogP contribution in [0, 0.1) is 11.3 Å². The number of methoxy groups -OCH3 is 1. The van der Waals surface area contributed by atoms with E-state index < -0.39 is 0 Å². The van der Waals surface area contributed by atoms with Crippen molar-refractivity contribution in [1.29, 1.82) is 5.26 Å². The van der Waals surface area contributed by atoms with Crippen molar-refractivity contribution in [1.82, 2.24) is 0 Å². The Kier molecular flexibility index (Phi) is 6.01. The molecule has 0 radical (unpaired) electrons. The fourth-order valence-electron chi connectivity index (χ4n) is 0.547. The Hall–Kier alpha value is -1.30. The molecule has 0 atom stereocenters. The lowest BCUT2D eigenvalue weighted by Crippen LogP contribution is -1.93. The highest BCUT2D eigenvalue weighted by Gasteiger charge is 1.88. The highest BCUT2D eigenvalue weighted by molar-refractivity contribution is 5.81. The van der Waals surface area contributed by atoms with Crippen LogP contribution >= 0.6 is 0 Å². The topological polar surface area (TPSA) is 50.1 Å². The van der Waals surface area contributed by atoms with Crippen molar-refractivity contribution in [2.75, 3.05) is 7.11 Å². The van der Waals surface area contributed by atoms with E-state index in [-0.39, 0.29) is 5.97 Å². The molecule has 3 nitrogen and oxygen atoms in total. The standard InChI is InChI=1S/C8H11NO2/c1-11-8(10)6-4-2-3-5-7-9/h4,6H,2-3,5H2,1H3. The van der Waals surface area contributed by atoms with E-state index in [0.29, 0.717) is 6.42 Å². The molecule has 11 heavy (non-hydrogen) atoms. The molecule has 0 aromatic carbocycles. The summed E-state index contributed by atoms with van der Waals surface area (Å²) in [7, 11) is 1.34. The van der Waals surface area contributed by atoms with Gasteiger partial charge in [-0.15, -0.1) is 0 Å². The molecular weight excluding hydrogens is 142 g/mol. The minimum atomic E-state index is -0.345. The number of carbonyl (C=O) groups excluding carboxylic acids is 1. The van der Waals surface area contributed by atoms with Crippen LogP contribution in [-0.4, -0.2) is 13.1 Å². The van der Waals surface area contributed by atoms with Crippen molar-refractivity contribution < 1.29 is 9.53 Å². The van der Waals surface area contributed by atoms with Crippen LogP contribution in [0.1, 0.15) is 19.3 Å². The van der Waals surface area contributed by atoms with Crippen LogP contribution in [0.5, 0.6) is 0 Å². The molecule has 0 rings (SSSR count). The van der Waals surface area contributed by atoms with Crippen molar-refractivity contribution in [2.45, 2.75) is 19.3 Å². The van der Waals surface area contributed by atoms with Gasteiger partial charge >= 0.3 is 5.97 Å². The molecule has 0 heterocycles. The van der Waals surface area contributed by atoms with Crippen molar-refractivity contribution in [2.24, 2.45) is 0 Å². The zero-order valence-electron chi connectivity index (χ0n) is 6.54. The van der Waals surface area contributed by atoms with Gasteiger partial charge in [0.25, 0.3) is 0 Å². The van der Waals surface area contributed by atoms with Gasteiger partial charge in [0.2, 0.25) is 0 Å². The molecular formula is C8H11NO2. The first-order valence-electron chi connectivity index (χ1n) is 3.42. The molecule has 0 aliphatic carbocycles. The third-order valence-electron chi connectivity index (χ3n) is 1.11. The minimum Gasteiger partial charge on any atom is -0.466 e. The molecule has 60 valence electrons. The van der Waals surface area contributed by atoms with Crippen LogP contribution in [0.4, 0.5) is 0 Å². The van der Waals surface area contributed by atoms with Gasteiger partial charge in [-0.25, -0.2) is 4.79 Å². The number of carbonyl (C=O) groups is 1. The monoisotopic (exact) mass is 153 g/mol. The van der Waals surface area contributed by atoms with E-state index in [2.05, 4.69) is 4.74 Å². The average molecular weight is 153 g/mol. The highest BCUT2D eigenvalue weighted by Crippen LogP contribution is 1.94. The lowest BCUT2D eigenvalue weighted by Gasteiger charge is -1.88. The smallest absolute Gasteiger partial charge is 0.330 e. The Bertz CT molecular complexity index is 179. The average Bonchev–Trinajstić information content (AvgIpc) is 2.04. The summed E-state index contributed by atoms with van der Waals surface area (Å²) in [6.07, 6.45) is 5.17. The predicted molar refractivity (Wildman–Crippen MR) is 40.6 cm³/mol. The summed E-state index contributed by atoms with van der Waals surface area (Å²) in [5.74, 6) is -0.345. The van der Waals surface area contributed by atoms with Crippen molar-refractivity contribution in [3.8, 4) is 6.07 Å². The zero-order chi connectivity index (χ0) is 8.53. The van der Waals surface area contributed by atoms with E-state index >= 15 is 0 Å². The van der Waals surface area contributed by atoms with Gasteiger partial charge < -0.3 is 4.74 Å². The Morgan fingerprint density at radius 1 is 1.73 bits per heavy atom. The molecule has 0 fully saturated rings. The summed E-state index contributed by atoms with van der Waals surface area (Å²) in [4.78, 5) is 10.5. The van der Waals surface area contributed by atoms with Crippen molar-refractivity contribution >= 4 is 5.97 Å². The third-order valence-corrected chi connectivity index (χ3v) is 1.11. The van der Waals surface area contributed by atoms with Crippen LogP contribution < -0.4 is 0 Å². The molecule has 0 spiro atoms. The number of esters is 1. The number of rotatable bonds is 4. The molecule has 3 heteroatoms. The van der Waals surface area contributed by atoms with Gasteiger partial charge in [0.05, 0.1) is 13.2 Å². The van der Waals surface area contributed by atoms with Gasteiger partial charge in [-0.2, -0.15) is 5.26 Å². The van der Waals surface area contributed by atoms with E-state index in [1.165, 1.54) is 13.2 Å². The zero-order valence-corrected chi connectivity index (χ0v) is 6.54. The first-order valence-corrected chi connectivity index (χ1v) is 3.42. The first-order chi connectivity index (χ1) is 5.31. The molecule has 0 aromatic rings. The molecule has 0 saturated heterocycles. The highest BCUT2D eigenvalue weighted by atomic mass is 16.5. The molecule has 0 aliphatic heterocycles. The summed E-state index contributed by atoms with van der Waals surface area (Å²) >= 11 is 0. The molecule has 0 saturated carbocycles. The minimum absolute atomic E-state index is 0.345. The maximum Gasteiger partial charge on any atom is 0.330 e. The van der Waals surface area contributed by atoms with Gasteiger partial charge in [0.15, 0.2) is 0 Å². The maximum atomic E-state index is 10.5. The molecule has 0 N–H and O–H groups in total. The van der Waals surface area contributed by atoms with E-state index in [1.54, 1.807) is 6.08 Å². The second kappa shape index (κ2) is 6.81. The van der Waals surface area contributed by atoms with E-state index in [0.717, 1.165) is 12.8 Å². The number of hydrogen-bond acceptors (Lipinski definition) is 3. The largest absolute Gasteiger partial charge is 0.466 e. The predicted octanol–water partition coefficient (Wildman–Crippen LogP) is 1.41. The molecule has 0 aliphatic rings. The second-order valence-corrected chi connectivity index (χ2v) is 1.98. The fourth-order valence-corrected chi connectivity index (χ4v) is 0.547. The number of nitriles is 1. The maximum absolute atomic E-state index is 10.5. The SMILES string of the molecule is COC(=O)C=CCCCC#N. The number of nitrogens with zero attached hydrogens (tertiary/aromatic N) is 1. The Morgan fingerprint density at radius 3 is 3.00 bits per heavy atom. The Balaban J connectivity index is 3.31.